The lowest BCUT2D eigenvalue weighted by molar-refractivity contribution is 0.102. The van der Waals surface area contributed by atoms with Crippen LogP contribution in [0, 0.1) is 11.3 Å². The number of hydrogen-bond acceptors (Lipinski definition) is 3. The zero-order valence-corrected chi connectivity index (χ0v) is 22.4. The fraction of sp³-hybridized carbons (Fsp3) is 0.267. The van der Waals surface area contributed by atoms with E-state index in [1.807, 2.05) is 79.1 Å². The second-order valence-corrected chi connectivity index (χ2v) is 11.9. The smallest absolute Gasteiger partial charge is 0.259 e. The van der Waals surface area contributed by atoms with Crippen molar-refractivity contribution in [3.63, 3.8) is 0 Å². The van der Waals surface area contributed by atoms with E-state index in [1.165, 1.54) is 4.88 Å². The van der Waals surface area contributed by atoms with Gasteiger partial charge in [-0.3, -0.25) is 4.79 Å². The number of hydrogen-bond donors (Lipinski definition) is 1. The van der Waals surface area contributed by atoms with Crippen LogP contribution in [0.1, 0.15) is 53.7 Å². The third kappa shape index (κ3) is 5.18. The normalized spacial score (nSPS) is 15.7. The summed E-state index contributed by atoms with van der Waals surface area (Å²) in [6, 6.07) is 21.3. The summed E-state index contributed by atoms with van der Waals surface area (Å²) in [6.45, 7) is 6.93. The van der Waals surface area contributed by atoms with Crippen molar-refractivity contribution in [2.45, 2.75) is 40.0 Å². The summed E-state index contributed by atoms with van der Waals surface area (Å²) in [5, 5.41) is 4.56. The Morgan fingerprint density at radius 1 is 1.08 bits per heavy atom. The van der Waals surface area contributed by atoms with Gasteiger partial charge in [0.15, 0.2) is 0 Å². The number of aliphatic imine (C=N–C) groups is 1. The van der Waals surface area contributed by atoms with Crippen LogP contribution in [0.3, 0.4) is 0 Å². The molecule has 1 amide bonds. The number of rotatable bonds is 5. The van der Waals surface area contributed by atoms with Gasteiger partial charge in [0.25, 0.3) is 5.91 Å². The maximum Gasteiger partial charge on any atom is 0.259 e. The van der Waals surface area contributed by atoms with Crippen molar-refractivity contribution in [1.29, 1.82) is 0 Å². The molecule has 0 unspecified atom stereocenters. The Hall–Kier alpha value is -3.15. The lowest BCUT2D eigenvalue weighted by Crippen LogP contribution is -2.27. The monoisotopic (exact) mass is 515 g/mol. The van der Waals surface area contributed by atoms with Crippen LogP contribution in [-0.4, -0.2) is 16.7 Å². The van der Waals surface area contributed by atoms with E-state index in [0.717, 1.165) is 46.9 Å². The summed E-state index contributed by atoms with van der Waals surface area (Å²) in [5.74, 6) is 0.501. The number of anilines is 1. The highest BCUT2D eigenvalue weighted by Gasteiger charge is 2.33. The molecule has 2 heterocycles. The molecule has 1 aliphatic rings. The van der Waals surface area contributed by atoms with Crippen LogP contribution in [0.25, 0.3) is 5.69 Å². The average Bonchev–Trinajstić information content (AvgIpc) is 3.47. The molecule has 184 valence electrons. The van der Waals surface area contributed by atoms with Crippen molar-refractivity contribution < 1.29 is 4.79 Å². The van der Waals surface area contributed by atoms with E-state index >= 15 is 0 Å². The Bertz CT molecular complexity index is 1390. The predicted octanol–water partition coefficient (Wildman–Crippen LogP) is 8.35. The van der Waals surface area contributed by atoms with Gasteiger partial charge in [-0.15, -0.1) is 11.3 Å². The zero-order valence-electron chi connectivity index (χ0n) is 20.8. The Morgan fingerprint density at radius 3 is 2.56 bits per heavy atom. The maximum atomic E-state index is 13.5. The molecule has 36 heavy (non-hydrogen) atoms. The minimum absolute atomic E-state index is 0.0897. The minimum atomic E-state index is -0.0897. The molecule has 4 aromatic rings. The predicted molar refractivity (Wildman–Crippen MR) is 152 cm³/mol. The summed E-state index contributed by atoms with van der Waals surface area (Å²) >= 11 is 7.74. The molecule has 0 radical (unpaired) electrons. The number of nitrogens with one attached hydrogen (secondary N) is 1. The van der Waals surface area contributed by atoms with E-state index in [9.17, 15) is 4.79 Å². The average molecular weight is 516 g/mol. The van der Waals surface area contributed by atoms with E-state index in [1.54, 1.807) is 11.3 Å². The number of aromatic nitrogens is 1. The molecule has 0 saturated heterocycles. The topological polar surface area (TPSA) is 46.4 Å². The van der Waals surface area contributed by atoms with Crippen LogP contribution in [0.2, 0.25) is 5.02 Å². The molecular weight excluding hydrogens is 486 g/mol. The van der Waals surface area contributed by atoms with Crippen LogP contribution in [0.5, 0.6) is 0 Å². The Balaban J connectivity index is 1.51. The van der Waals surface area contributed by atoms with Gasteiger partial charge >= 0.3 is 0 Å². The lowest BCUT2D eigenvalue weighted by atomic mass is 9.72. The van der Waals surface area contributed by atoms with Gasteiger partial charge in [0.1, 0.15) is 5.00 Å². The first-order valence-electron chi connectivity index (χ1n) is 12.3. The number of halogens is 1. The molecule has 5 rings (SSSR count). The van der Waals surface area contributed by atoms with Crippen LogP contribution in [0.15, 0.2) is 77.9 Å². The molecule has 6 heteroatoms. The van der Waals surface area contributed by atoms with Gasteiger partial charge in [0, 0.05) is 27.5 Å². The van der Waals surface area contributed by atoms with Crippen molar-refractivity contribution in [3.05, 3.63) is 99.6 Å². The fourth-order valence-electron chi connectivity index (χ4n) is 4.81. The summed E-state index contributed by atoms with van der Waals surface area (Å²) in [5.41, 5.74) is 4.84. The SMILES string of the molecule is CC(C)(C)[C@@H]1CCc2c(sc(N=Cc3cccn3-c3ccc(Cl)cc3)c2C(=O)Nc2ccccc2)C1. The second kappa shape index (κ2) is 10.1. The maximum absolute atomic E-state index is 13.5. The van der Waals surface area contributed by atoms with Gasteiger partial charge in [-0.2, -0.15) is 0 Å². The fourth-order valence-corrected chi connectivity index (χ4v) is 6.21. The third-order valence-electron chi connectivity index (χ3n) is 6.93. The van der Waals surface area contributed by atoms with Crippen LogP contribution >= 0.6 is 22.9 Å². The molecule has 4 nitrogen and oxygen atoms in total. The Kier molecular flexibility index (Phi) is 6.87. The number of para-hydroxylation sites is 1. The molecule has 0 bridgehead atoms. The highest BCUT2D eigenvalue weighted by atomic mass is 35.5. The van der Waals surface area contributed by atoms with Crippen molar-refractivity contribution in [3.8, 4) is 5.69 Å². The summed E-state index contributed by atoms with van der Waals surface area (Å²) in [4.78, 5) is 19.7. The van der Waals surface area contributed by atoms with Crippen LogP contribution in [0.4, 0.5) is 10.7 Å². The van der Waals surface area contributed by atoms with E-state index in [0.29, 0.717) is 16.5 Å². The highest BCUT2D eigenvalue weighted by Crippen LogP contribution is 2.45. The molecule has 2 aromatic carbocycles. The zero-order chi connectivity index (χ0) is 25.3. The van der Waals surface area contributed by atoms with Gasteiger partial charge in [-0.25, -0.2) is 4.99 Å². The van der Waals surface area contributed by atoms with Crippen LogP contribution < -0.4 is 5.32 Å². The lowest BCUT2D eigenvalue weighted by Gasteiger charge is -2.33. The Labute approximate surface area is 221 Å². The first-order chi connectivity index (χ1) is 17.3. The van der Waals surface area contributed by atoms with Gasteiger partial charge in [-0.05, 0) is 84.7 Å². The molecule has 1 aliphatic carbocycles. The molecular formula is C30H30ClN3OS. The van der Waals surface area contributed by atoms with Crippen molar-refractivity contribution in [2.24, 2.45) is 16.3 Å². The molecule has 0 spiro atoms. The number of carbonyl (C=O) groups excluding carboxylic acids is 1. The third-order valence-corrected chi connectivity index (χ3v) is 8.34. The van der Waals surface area contributed by atoms with E-state index in [2.05, 4.69) is 30.7 Å². The first kappa shape index (κ1) is 24.5. The number of fused-ring (bicyclic) bond motifs is 1. The largest absolute Gasteiger partial charge is 0.322 e. The number of carbonyl (C=O) groups is 1. The summed E-state index contributed by atoms with van der Waals surface area (Å²) in [7, 11) is 0. The minimum Gasteiger partial charge on any atom is -0.322 e. The molecule has 0 saturated carbocycles. The number of amides is 1. The molecule has 2 aromatic heterocycles. The quantitative estimate of drug-likeness (QED) is 0.267. The molecule has 0 aliphatic heterocycles. The van der Waals surface area contributed by atoms with E-state index in [-0.39, 0.29) is 11.3 Å². The summed E-state index contributed by atoms with van der Waals surface area (Å²) in [6.07, 6.45) is 6.84. The standard InChI is InChI=1S/C30H30ClN3OS/c1-30(2,3)20-11-16-25-26(18-20)36-29(27(25)28(35)33-22-8-5-4-6-9-22)32-19-24-10-7-17-34(24)23-14-12-21(31)13-15-23/h4-10,12-15,17,19-20H,11,16,18H2,1-3H3,(H,33,35)/t20-/m1/s1. The first-order valence-corrected chi connectivity index (χ1v) is 13.5. The molecule has 0 fully saturated rings. The van der Waals surface area contributed by atoms with Crippen molar-refractivity contribution >= 4 is 45.7 Å². The van der Waals surface area contributed by atoms with Crippen LogP contribution in [-0.2, 0) is 12.8 Å². The number of benzene rings is 2. The van der Waals surface area contributed by atoms with Crippen molar-refractivity contribution in [1.82, 2.24) is 4.57 Å². The second-order valence-electron chi connectivity index (χ2n) is 10.3. The number of thiophene rings is 1. The van der Waals surface area contributed by atoms with Gasteiger partial charge in [-0.1, -0.05) is 50.6 Å². The Morgan fingerprint density at radius 2 is 1.83 bits per heavy atom. The molecule has 1 atom stereocenters. The van der Waals surface area contributed by atoms with Crippen molar-refractivity contribution in [2.75, 3.05) is 5.32 Å². The van der Waals surface area contributed by atoms with Gasteiger partial charge < -0.3 is 9.88 Å². The highest BCUT2D eigenvalue weighted by molar-refractivity contribution is 7.16. The molecule has 1 N–H and O–H groups in total. The summed E-state index contributed by atoms with van der Waals surface area (Å²) < 4.78 is 2.06. The van der Waals surface area contributed by atoms with E-state index in [4.69, 9.17) is 16.6 Å². The van der Waals surface area contributed by atoms with Gasteiger partial charge in [0.2, 0.25) is 0 Å². The number of nitrogens with zero attached hydrogens (tertiary/aromatic N) is 2. The van der Waals surface area contributed by atoms with E-state index < -0.39 is 0 Å². The van der Waals surface area contributed by atoms with Gasteiger partial charge in [0.05, 0.1) is 17.5 Å².